The van der Waals surface area contributed by atoms with Crippen LogP contribution < -0.4 is 11.3 Å². The van der Waals surface area contributed by atoms with Crippen LogP contribution in [0.4, 0.5) is 13.2 Å². The molecule has 0 radical (unpaired) electrons. The number of halogens is 3. The van der Waals surface area contributed by atoms with Crippen LogP contribution >= 0.6 is 0 Å². The number of alkyl halides is 3. The van der Waals surface area contributed by atoms with Gasteiger partial charge in [-0.05, 0) is 17.5 Å². The minimum Gasteiger partial charge on any atom is -0.377 e. The van der Waals surface area contributed by atoms with Crippen molar-refractivity contribution >= 4 is 5.91 Å². The maximum absolute atomic E-state index is 11.9. The molecule has 3 N–H and O–H groups in total. The van der Waals surface area contributed by atoms with E-state index in [0.717, 1.165) is 11.1 Å². The maximum Gasteiger partial charge on any atom is 0.389 e. The number of hydrogen-bond donors (Lipinski definition) is 2. The van der Waals surface area contributed by atoms with E-state index in [0.29, 0.717) is 0 Å². The van der Waals surface area contributed by atoms with E-state index in [-0.39, 0.29) is 32.0 Å². The fourth-order valence-corrected chi connectivity index (χ4v) is 1.55. The van der Waals surface area contributed by atoms with Gasteiger partial charge in [-0.25, -0.2) is 5.84 Å². The molecule has 0 atom stereocenters. The van der Waals surface area contributed by atoms with Crippen LogP contribution in [0.15, 0.2) is 24.3 Å². The van der Waals surface area contributed by atoms with Gasteiger partial charge in [-0.1, -0.05) is 24.3 Å². The van der Waals surface area contributed by atoms with Crippen molar-refractivity contribution in [3.63, 3.8) is 0 Å². The van der Waals surface area contributed by atoms with Gasteiger partial charge >= 0.3 is 6.18 Å². The first-order valence-corrected chi connectivity index (χ1v) is 6.12. The predicted octanol–water partition coefficient (Wildman–Crippen LogP) is 2.08. The van der Waals surface area contributed by atoms with Gasteiger partial charge in [0, 0.05) is 13.0 Å². The molecule has 0 fully saturated rings. The average Bonchev–Trinajstić information content (AvgIpc) is 2.39. The SMILES string of the molecule is NNC(=O)Cc1ccc(COCCCC(F)(F)F)cc1. The number of hydrogen-bond acceptors (Lipinski definition) is 3. The standard InChI is InChI=1S/C13H17F3N2O2/c14-13(15,16)6-1-7-20-9-11-4-2-10(3-5-11)8-12(19)18-17/h2-5H,1,6-9,17H2,(H,18,19). The summed E-state index contributed by atoms with van der Waals surface area (Å²) in [5.41, 5.74) is 3.67. The molecular weight excluding hydrogens is 273 g/mol. The number of benzene rings is 1. The second-order valence-electron chi connectivity index (χ2n) is 4.33. The fraction of sp³-hybridized carbons (Fsp3) is 0.462. The summed E-state index contributed by atoms with van der Waals surface area (Å²) < 4.78 is 40.8. The number of carbonyl (C=O) groups excluding carboxylic acids is 1. The molecule has 20 heavy (non-hydrogen) atoms. The maximum atomic E-state index is 11.9. The molecule has 1 aromatic carbocycles. The number of nitrogens with two attached hydrogens (primary N) is 1. The molecule has 0 aliphatic heterocycles. The molecule has 0 aliphatic rings. The van der Waals surface area contributed by atoms with Crippen LogP contribution in [0.25, 0.3) is 0 Å². The predicted molar refractivity (Wildman–Crippen MR) is 67.4 cm³/mol. The van der Waals surface area contributed by atoms with Crippen molar-refractivity contribution in [2.45, 2.75) is 32.0 Å². The highest BCUT2D eigenvalue weighted by Crippen LogP contribution is 2.21. The minimum absolute atomic E-state index is 0.0434. The van der Waals surface area contributed by atoms with E-state index in [9.17, 15) is 18.0 Å². The Morgan fingerprint density at radius 1 is 1.20 bits per heavy atom. The zero-order valence-corrected chi connectivity index (χ0v) is 10.9. The lowest BCUT2D eigenvalue weighted by molar-refractivity contribution is -0.138. The van der Waals surface area contributed by atoms with Gasteiger partial charge in [0.15, 0.2) is 0 Å². The summed E-state index contributed by atoms with van der Waals surface area (Å²) in [7, 11) is 0. The van der Waals surface area contributed by atoms with Crippen LogP contribution in [0.2, 0.25) is 0 Å². The minimum atomic E-state index is -4.13. The highest BCUT2D eigenvalue weighted by molar-refractivity contribution is 5.77. The van der Waals surface area contributed by atoms with Gasteiger partial charge in [0.05, 0.1) is 13.0 Å². The highest BCUT2D eigenvalue weighted by atomic mass is 19.4. The molecule has 0 heterocycles. The molecule has 112 valence electrons. The quantitative estimate of drug-likeness (QED) is 0.350. The number of nitrogens with one attached hydrogen (secondary N) is 1. The molecule has 0 aliphatic carbocycles. The summed E-state index contributed by atoms with van der Waals surface area (Å²) in [5, 5.41) is 0. The van der Waals surface area contributed by atoms with Crippen LogP contribution in [0.5, 0.6) is 0 Å². The van der Waals surface area contributed by atoms with Gasteiger partial charge in [-0.15, -0.1) is 0 Å². The van der Waals surface area contributed by atoms with Gasteiger partial charge in [-0.2, -0.15) is 13.2 Å². The Bertz CT molecular complexity index is 419. The van der Waals surface area contributed by atoms with Crippen molar-refractivity contribution in [3.8, 4) is 0 Å². The first-order chi connectivity index (χ1) is 9.40. The Morgan fingerprint density at radius 3 is 2.35 bits per heavy atom. The van der Waals surface area contributed by atoms with Gasteiger partial charge in [0.2, 0.25) is 5.91 Å². The van der Waals surface area contributed by atoms with E-state index in [4.69, 9.17) is 10.6 Å². The lowest BCUT2D eigenvalue weighted by atomic mass is 10.1. The number of carbonyl (C=O) groups is 1. The molecule has 0 saturated carbocycles. The third-order valence-corrected chi connectivity index (χ3v) is 2.57. The van der Waals surface area contributed by atoms with Crippen molar-refractivity contribution in [2.75, 3.05) is 6.61 Å². The van der Waals surface area contributed by atoms with Crippen LogP contribution in [0, 0.1) is 0 Å². The first kappa shape index (κ1) is 16.5. The van der Waals surface area contributed by atoms with Crippen molar-refractivity contribution in [3.05, 3.63) is 35.4 Å². The monoisotopic (exact) mass is 290 g/mol. The molecule has 0 saturated heterocycles. The summed E-state index contributed by atoms with van der Waals surface area (Å²) in [4.78, 5) is 11.0. The Kier molecular flexibility index (Phi) is 6.47. The summed E-state index contributed by atoms with van der Waals surface area (Å²) in [6, 6.07) is 7.04. The van der Waals surface area contributed by atoms with E-state index >= 15 is 0 Å². The molecule has 0 bridgehead atoms. The molecule has 1 amide bonds. The molecule has 4 nitrogen and oxygen atoms in total. The smallest absolute Gasteiger partial charge is 0.377 e. The second-order valence-corrected chi connectivity index (χ2v) is 4.33. The largest absolute Gasteiger partial charge is 0.389 e. The van der Waals surface area contributed by atoms with Crippen molar-refractivity contribution in [1.82, 2.24) is 5.43 Å². The third kappa shape index (κ3) is 7.10. The van der Waals surface area contributed by atoms with Crippen molar-refractivity contribution < 1.29 is 22.7 Å². The van der Waals surface area contributed by atoms with Gasteiger partial charge in [-0.3, -0.25) is 10.2 Å². The molecule has 0 spiro atoms. The summed E-state index contributed by atoms with van der Waals surface area (Å²) in [5.74, 6) is 4.68. The van der Waals surface area contributed by atoms with E-state index in [1.165, 1.54) is 0 Å². The molecule has 0 aromatic heterocycles. The van der Waals surface area contributed by atoms with Crippen LogP contribution in [0.3, 0.4) is 0 Å². The Hall–Kier alpha value is -1.60. The lowest BCUT2D eigenvalue weighted by Gasteiger charge is -2.07. The zero-order valence-electron chi connectivity index (χ0n) is 10.9. The van der Waals surface area contributed by atoms with E-state index in [1.54, 1.807) is 24.3 Å². The van der Waals surface area contributed by atoms with Gasteiger partial charge in [0.25, 0.3) is 0 Å². The van der Waals surface area contributed by atoms with E-state index in [2.05, 4.69) is 0 Å². The van der Waals surface area contributed by atoms with Gasteiger partial charge in [0.1, 0.15) is 0 Å². The summed E-state index contributed by atoms with van der Waals surface area (Å²) in [6.45, 7) is 0.318. The average molecular weight is 290 g/mol. The Labute approximate surface area is 115 Å². The molecular formula is C13H17F3N2O2. The number of rotatable bonds is 7. The molecule has 0 unspecified atom stereocenters. The van der Waals surface area contributed by atoms with Crippen LogP contribution in [0.1, 0.15) is 24.0 Å². The molecule has 7 heteroatoms. The van der Waals surface area contributed by atoms with Crippen molar-refractivity contribution in [2.24, 2.45) is 5.84 Å². The molecule has 1 rings (SSSR count). The topological polar surface area (TPSA) is 64.3 Å². The van der Waals surface area contributed by atoms with Gasteiger partial charge < -0.3 is 4.74 Å². The van der Waals surface area contributed by atoms with E-state index in [1.807, 2.05) is 5.43 Å². The number of hydrazine groups is 1. The fourth-order valence-electron chi connectivity index (χ4n) is 1.55. The summed E-state index contributed by atoms with van der Waals surface area (Å²) in [6.07, 6.45) is -4.82. The van der Waals surface area contributed by atoms with Crippen molar-refractivity contribution in [1.29, 1.82) is 0 Å². The normalized spacial score (nSPS) is 11.4. The van der Waals surface area contributed by atoms with Crippen LogP contribution in [-0.2, 0) is 22.6 Å². The number of amides is 1. The van der Waals surface area contributed by atoms with E-state index < -0.39 is 12.6 Å². The Morgan fingerprint density at radius 2 is 1.80 bits per heavy atom. The zero-order chi connectivity index (χ0) is 15.0. The second kappa shape index (κ2) is 7.86. The van der Waals surface area contributed by atoms with Crippen LogP contribution in [-0.4, -0.2) is 18.7 Å². The third-order valence-electron chi connectivity index (χ3n) is 2.57. The highest BCUT2D eigenvalue weighted by Gasteiger charge is 2.25. The molecule has 1 aromatic rings. The number of ether oxygens (including phenoxy) is 1. The Balaban J connectivity index is 2.26. The first-order valence-electron chi connectivity index (χ1n) is 6.12. The summed E-state index contributed by atoms with van der Waals surface area (Å²) >= 11 is 0. The lowest BCUT2D eigenvalue weighted by Crippen LogP contribution is -2.31.